The van der Waals surface area contributed by atoms with Crippen molar-refractivity contribution in [3.05, 3.63) is 0 Å². The smallest absolute Gasteiger partial charge is 0.0556 e. The maximum atomic E-state index is 8.67. The molecule has 13 heavy (non-hydrogen) atoms. The summed E-state index contributed by atoms with van der Waals surface area (Å²) < 4.78 is 0. The van der Waals surface area contributed by atoms with E-state index in [2.05, 4.69) is 5.32 Å². The Balaban J connectivity index is 1.71. The molecule has 1 unspecified atom stereocenters. The summed E-state index contributed by atoms with van der Waals surface area (Å²) in [6.07, 6.45) is 6.32. The fraction of sp³-hybridized carbons (Fsp3) is 1.00. The van der Waals surface area contributed by atoms with E-state index in [1.54, 1.807) is 0 Å². The number of aliphatic hydroxyl groups excluding tert-OH is 1. The zero-order valence-corrected chi connectivity index (χ0v) is 8.13. The van der Waals surface area contributed by atoms with Crippen molar-refractivity contribution >= 4 is 0 Å². The number of hydrogen-bond donors (Lipinski definition) is 3. The molecule has 0 aliphatic heterocycles. The van der Waals surface area contributed by atoms with Gasteiger partial charge in [-0.3, -0.25) is 0 Å². The maximum Gasteiger partial charge on any atom is 0.0556 e. The van der Waals surface area contributed by atoms with Crippen molar-refractivity contribution in [3.63, 3.8) is 0 Å². The van der Waals surface area contributed by atoms with Crippen LogP contribution < -0.4 is 11.1 Å². The van der Waals surface area contributed by atoms with E-state index in [0.29, 0.717) is 17.5 Å². The van der Waals surface area contributed by atoms with Gasteiger partial charge in [0.2, 0.25) is 0 Å². The second-order valence-corrected chi connectivity index (χ2v) is 4.62. The van der Waals surface area contributed by atoms with Crippen LogP contribution in [0.3, 0.4) is 0 Å². The fourth-order valence-electron chi connectivity index (χ4n) is 2.62. The van der Waals surface area contributed by atoms with Gasteiger partial charge in [0.1, 0.15) is 0 Å². The summed E-state index contributed by atoms with van der Waals surface area (Å²) in [5.74, 6) is 0. The average molecular weight is 184 g/mol. The number of nitrogens with two attached hydrogens (primary N) is 1. The molecule has 0 aromatic carbocycles. The number of hydrogen-bond acceptors (Lipinski definition) is 3. The zero-order valence-electron chi connectivity index (χ0n) is 8.13. The summed E-state index contributed by atoms with van der Waals surface area (Å²) in [7, 11) is 0. The van der Waals surface area contributed by atoms with Gasteiger partial charge in [0, 0.05) is 18.6 Å². The Kier molecular flexibility index (Phi) is 2.58. The molecule has 0 aromatic rings. The van der Waals surface area contributed by atoms with Gasteiger partial charge in [-0.1, -0.05) is 0 Å². The quantitative estimate of drug-likeness (QED) is 0.588. The minimum absolute atomic E-state index is 0.251. The minimum atomic E-state index is 0.251. The topological polar surface area (TPSA) is 58.3 Å². The van der Waals surface area contributed by atoms with Crippen LogP contribution in [0.15, 0.2) is 0 Å². The molecule has 0 amide bonds. The van der Waals surface area contributed by atoms with Crippen molar-refractivity contribution < 1.29 is 5.11 Å². The molecule has 1 spiro atoms. The van der Waals surface area contributed by atoms with Crippen molar-refractivity contribution in [3.8, 4) is 0 Å². The Hall–Kier alpha value is -0.120. The first-order valence-electron chi connectivity index (χ1n) is 5.37. The number of rotatable bonds is 3. The lowest BCUT2D eigenvalue weighted by atomic mass is 9.83. The molecule has 0 saturated heterocycles. The first kappa shape index (κ1) is 9.44. The number of nitrogens with one attached hydrogen (secondary N) is 1. The maximum absolute atomic E-state index is 8.67. The van der Waals surface area contributed by atoms with Gasteiger partial charge in [-0.25, -0.2) is 0 Å². The van der Waals surface area contributed by atoms with Crippen LogP contribution in [0.4, 0.5) is 0 Å². The molecule has 1 atom stereocenters. The van der Waals surface area contributed by atoms with Crippen LogP contribution in [0.1, 0.15) is 32.1 Å². The molecule has 2 rings (SSSR count). The lowest BCUT2D eigenvalue weighted by Crippen LogP contribution is -2.36. The minimum Gasteiger partial charge on any atom is -0.395 e. The SMILES string of the molecule is NC1CC12CCC(NCCO)CC2. The highest BCUT2D eigenvalue weighted by Gasteiger charge is 2.52. The van der Waals surface area contributed by atoms with Gasteiger partial charge < -0.3 is 16.2 Å². The molecule has 3 heteroatoms. The predicted molar refractivity (Wildman–Crippen MR) is 52.4 cm³/mol. The van der Waals surface area contributed by atoms with Crippen LogP contribution in [0.25, 0.3) is 0 Å². The van der Waals surface area contributed by atoms with Crippen molar-refractivity contribution in [1.82, 2.24) is 5.32 Å². The Morgan fingerprint density at radius 3 is 2.46 bits per heavy atom. The standard InChI is InChI=1S/C10H20N2O/c11-9-7-10(9)3-1-8(2-4-10)12-5-6-13/h8-9,12-13H,1-7,11H2. The molecule has 0 radical (unpaired) electrons. The van der Waals surface area contributed by atoms with Crippen molar-refractivity contribution in [1.29, 1.82) is 0 Å². The molecule has 2 aliphatic carbocycles. The van der Waals surface area contributed by atoms with Crippen LogP contribution in [-0.2, 0) is 0 Å². The molecule has 2 fully saturated rings. The van der Waals surface area contributed by atoms with Crippen LogP contribution in [0.5, 0.6) is 0 Å². The monoisotopic (exact) mass is 184 g/mol. The molecular formula is C10H20N2O. The zero-order chi connectivity index (χ0) is 9.31. The van der Waals surface area contributed by atoms with E-state index in [-0.39, 0.29) is 6.61 Å². The van der Waals surface area contributed by atoms with Gasteiger partial charge in [0.15, 0.2) is 0 Å². The Bertz CT molecular complexity index is 176. The van der Waals surface area contributed by atoms with E-state index in [1.807, 2.05) is 0 Å². The molecule has 2 aliphatic rings. The third kappa shape index (κ3) is 1.87. The second kappa shape index (κ2) is 3.56. The molecule has 0 heterocycles. The Morgan fingerprint density at radius 2 is 2.00 bits per heavy atom. The molecule has 2 saturated carbocycles. The van der Waals surface area contributed by atoms with Gasteiger partial charge in [0.25, 0.3) is 0 Å². The summed E-state index contributed by atoms with van der Waals surface area (Å²) in [4.78, 5) is 0. The van der Waals surface area contributed by atoms with E-state index < -0.39 is 0 Å². The van der Waals surface area contributed by atoms with E-state index in [1.165, 1.54) is 32.1 Å². The van der Waals surface area contributed by atoms with Gasteiger partial charge in [-0.2, -0.15) is 0 Å². The van der Waals surface area contributed by atoms with Crippen LogP contribution in [0.2, 0.25) is 0 Å². The van der Waals surface area contributed by atoms with E-state index in [0.717, 1.165) is 6.54 Å². The van der Waals surface area contributed by atoms with Gasteiger partial charge in [0.05, 0.1) is 6.61 Å². The second-order valence-electron chi connectivity index (χ2n) is 4.62. The first-order chi connectivity index (χ1) is 6.27. The van der Waals surface area contributed by atoms with Gasteiger partial charge >= 0.3 is 0 Å². The number of aliphatic hydroxyl groups is 1. The summed E-state index contributed by atoms with van der Waals surface area (Å²) in [6.45, 7) is 0.991. The molecule has 3 nitrogen and oxygen atoms in total. The normalized spacial score (nSPS) is 43.8. The van der Waals surface area contributed by atoms with Gasteiger partial charge in [-0.15, -0.1) is 0 Å². The van der Waals surface area contributed by atoms with E-state index in [4.69, 9.17) is 10.8 Å². The lowest BCUT2D eigenvalue weighted by Gasteiger charge is -2.29. The van der Waals surface area contributed by atoms with Crippen LogP contribution in [-0.4, -0.2) is 30.3 Å². The lowest BCUT2D eigenvalue weighted by molar-refractivity contribution is 0.241. The van der Waals surface area contributed by atoms with Crippen molar-refractivity contribution in [2.45, 2.75) is 44.2 Å². The summed E-state index contributed by atoms with van der Waals surface area (Å²) in [5, 5.41) is 12.0. The van der Waals surface area contributed by atoms with Crippen LogP contribution in [0, 0.1) is 5.41 Å². The summed E-state index contributed by atoms with van der Waals surface area (Å²) in [6, 6.07) is 1.12. The molecule has 76 valence electrons. The molecular weight excluding hydrogens is 164 g/mol. The average Bonchev–Trinajstić information content (AvgIpc) is 2.76. The molecule has 4 N–H and O–H groups in total. The molecule has 0 bridgehead atoms. The van der Waals surface area contributed by atoms with Crippen molar-refractivity contribution in [2.75, 3.05) is 13.2 Å². The largest absolute Gasteiger partial charge is 0.395 e. The Labute approximate surface area is 79.7 Å². The first-order valence-corrected chi connectivity index (χ1v) is 5.37. The van der Waals surface area contributed by atoms with Crippen LogP contribution >= 0.6 is 0 Å². The van der Waals surface area contributed by atoms with Crippen molar-refractivity contribution in [2.24, 2.45) is 11.1 Å². The summed E-state index contributed by atoms with van der Waals surface area (Å²) in [5.41, 5.74) is 6.46. The van der Waals surface area contributed by atoms with E-state index >= 15 is 0 Å². The predicted octanol–water partition coefficient (Wildman–Crippen LogP) is 0.228. The summed E-state index contributed by atoms with van der Waals surface area (Å²) >= 11 is 0. The van der Waals surface area contributed by atoms with E-state index in [9.17, 15) is 0 Å². The molecule has 0 aromatic heterocycles. The Morgan fingerprint density at radius 1 is 1.38 bits per heavy atom. The highest BCUT2D eigenvalue weighted by Crippen LogP contribution is 2.54. The fourth-order valence-corrected chi connectivity index (χ4v) is 2.62. The third-order valence-electron chi connectivity index (χ3n) is 3.78. The highest BCUT2D eigenvalue weighted by molar-refractivity contribution is 5.08. The third-order valence-corrected chi connectivity index (χ3v) is 3.78. The van der Waals surface area contributed by atoms with Gasteiger partial charge in [-0.05, 0) is 37.5 Å². The highest BCUT2D eigenvalue weighted by atomic mass is 16.3.